The van der Waals surface area contributed by atoms with Gasteiger partial charge in [-0.1, -0.05) is 12.1 Å². The molecule has 2 amide bonds. The smallest absolute Gasteiger partial charge is 0.261 e. The number of hydrogen-bond acceptors (Lipinski definition) is 5. The Balaban J connectivity index is 1.53. The maximum Gasteiger partial charge on any atom is 0.261 e. The molecule has 0 unspecified atom stereocenters. The van der Waals surface area contributed by atoms with Gasteiger partial charge in [0.15, 0.2) is 0 Å². The molecule has 27 heavy (non-hydrogen) atoms. The first-order valence-electron chi connectivity index (χ1n) is 8.56. The second-order valence-electron chi connectivity index (χ2n) is 6.40. The molecule has 0 saturated heterocycles. The summed E-state index contributed by atoms with van der Waals surface area (Å²) in [6, 6.07) is 10.1. The molecule has 1 aliphatic rings. The van der Waals surface area contributed by atoms with Crippen LogP contribution in [-0.4, -0.2) is 26.3 Å². The highest BCUT2D eigenvalue weighted by atomic mass is 32.2. The molecule has 144 valence electrons. The summed E-state index contributed by atoms with van der Waals surface area (Å²) < 4.78 is 26.9. The van der Waals surface area contributed by atoms with Crippen molar-refractivity contribution in [1.82, 2.24) is 15.4 Å². The van der Waals surface area contributed by atoms with Crippen molar-refractivity contribution in [3.05, 3.63) is 51.7 Å². The summed E-state index contributed by atoms with van der Waals surface area (Å²) in [7, 11) is -3.46. The molecule has 9 heteroatoms. The molecule has 0 spiro atoms. The SMILES string of the molecule is CC(=O)NCc1ccc(C(=O)NCc2ccc(S(=O)(=O)NC3CC3)cc2)s1. The molecule has 7 nitrogen and oxygen atoms in total. The zero-order valence-corrected chi connectivity index (χ0v) is 16.5. The van der Waals surface area contributed by atoms with E-state index in [1.54, 1.807) is 30.3 Å². The molecular formula is C18H21N3O4S2. The molecule has 0 aliphatic heterocycles. The highest BCUT2D eigenvalue weighted by Gasteiger charge is 2.27. The fraction of sp³-hybridized carbons (Fsp3) is 0.333. The number of carbonyl (C=O) groups excluding carboxylic acids is 2. The first-order valence-corrected chi connectivity index (χ1v) is 10.9. The molecule has 1 aromatic heterocycles. The largest absolute Gasteiger partial charge is 0.351 e. The number of nitrogens with one attached hydrogen (secondary N) is 3. The molecule has 0 radical (unpaired) electrons. The summed E-state index contributed by atoms with van der Waals surface area (Å²) in [5.74, 6) is -0.326. The molecule has 3 rings (SSSR count). The van der Waals surface area contributed by atoms with Gasteiger partial charge in [0, 0.05) is 24.4 Å². The fourth-order valence-corrected chi connectivity index (χ4v) is 4.52. The second-order valence-corrected chi connectivity index (χ2v) is 9.28. The van der Waals surface area contributed by atoms with Crippen molar-refractivity contribution in [2.24, 2.45) is 0 Å². The molecule has 2 aromatic rings. The van der Waals surface area contributed by atoms with Crippen molar-refractivity contribution < 1.29 is 18.0 Å². The van der Waals surface area contributed by atoms with Gasteiger partial charge in [-0.15, -0.1) is 11.3 Å². The molecular weight excluding hydrogens is 386 g/mol. The number of sulfonamides is 1. The van der Waals surface area contributed by atoms with Crippen LogP contribution in [0.2, 0.25) is 0 Å². The molecule has 1 aromatic carbocycles. The summed E-state index contributed by atoms with van der Waals surface area (Å²) in [4.78, 5) is 24.8. The highest BCUT2D eigenvalue weighted by molar-refractivity contribution is 7.89. The summed E-state index contributed by atoms with van der Waals surface area (Å²) in [5.41, 5.74) is 0.809. The minimum absolute atomic E-state index is 0.0651. The van der Waals surface area contributed by atoms with Gasteiger partial charge in [-0.2, -0.15) is 0 Å². The van der Waals surface area contributed by atoms with E-state index in [0.717, 1.165) is 23.3 Å². The van der Waals surface area contributed by atoms with Gasteiger partial charge in [-0.25, -0.2) is 13.1 Å². The minimum atomic E-state index is -3.46. The third-order valence-corrected chi connectivity index (χ3v) is 6.60. The van der Waals surface area contributed by atoms with Crippen LogP contribution in [0, 0.1) is 0 Å². The predicted octanol–water partition coefficient (Wildman–Crippen LogP) is 1.75. The Morgan fingerprint density at radius 3 is 2.37 bits per heavy atom. The molecule has 1 aliphatic carbocycles. The van der Waals surface area contributed by atoms with Crippen LogP contribution in [0.3, 0.4) is 0 Å². The van der Waals surface area contributed by atoms with Crippen LogP contribution in [0.1, 0.15) is 39.9 Å². The molecule has 1 saturated carbocycles. The minimum Gasteiger partial charge on any atom is -0.351 e. The summed E-state index contributed by atoms with van der Waals surface area (Å²) in [6.07, 6.45) is 1.77. The van der Waals surface area contributed by atoms with Crippen molar-refractivity contribution in [3.63, 3.8) is 0 Å². The number of benzene rings is 1. The van der Waals surface area contributed by atoms with Crippen molar-refractivity contribution >= 4 is 33.2 Å². The van der Waals surface area contributed by atoms with Crippen molar-refractivity contribution in [2.45, 2.75) is 43.8 Å². The second kappa shape index (κ2) is 8.20. The van der Waals surface area contributed by atoms with E-state index in [9.17, 15) is 18.0 Å². The van der Waals surface area contributed by atoms with Gasteiger partial charge >= 0.3 is 0 Å². The normalized spacial score (nSPS) is 14.0. The number of hydrogen-bond donors (Lipinski definition) is 3. The van der Waals surface area contributed by atoms with E-state index >= 15 is 0 Å². The standard InChI is InChI=1S/C18H21N3O4S2/c1-12(22)19-11-15-6-9-17(26-15)18(23)20-10-13-2-7-16(8-3-13)27(24,25)21-14-4-5-14/h2-3,6-9,14,21H,4-5,10-11H2,1H3,(H,19,22)(H,20,23). The quantitative estimate of drug-likeness (QED) is 0.620. The van der Waals surface area contributed by atoms with Gasteiger partial charge in [-0.3, -0.25) is 9.59 Å². The first kappa shape index (κ1) is 19.5. The molecule has 1 heterocycles. The number of rotatable bonds is 8. The Morgan fingerprint density at radius 2 is 1.74 bits per heavy atom. The highest BCUT2D eigenvalue weighted by Crippen LogP contribution is 2.22. The first-order chi connectivity index (χ1) is 12.8. The van der Waals surface area contributed by atoms with Gasteiger partial charge in [0.05, 0.1) is 16.3 Å². The van der Waals surface area contributed by atoms with Crippen molar-refractivity contribution in [1.29, 1.82) is 0 Å². The third kappa shape index (κ3) is 5.62. The van der Waals surface area contributed by atoms with Crippen LogP contribution < -0.4 is 15.4 Å². The van der Waals surface area contributed by atoms with Gasteiger partial charge in [-0.05, 0) is 42.7 Å². The molecule has 0 bridgehead atoms. The Hall–Kier alpha value is -2.23. The average molecular weight is 408 g/mol. The Morgan fingerprint density at radius 1 is 1.04 bits per heavy atom. The van der Waals surface area contributed by atoms with E-state index < -0.39 is 10.0 Å². The van der Waals surface area contributed by atoms with Crippen LogP contribution in [-0.2, 0) is 27.9 Å². The lowest BCUT2D eigenvalue weighted by molar-refractivity contribution is -0.119. The van der Waals surface area contributed by atoms with Crippen LogP contribution >= 0.6 is 11.3 Å². The van der Waals surface area contributed by atoms with E-state index in [0.29, 0.717) is 18.0 Å². The predicted molar refractivity (Wildman–Crippen MR) is 103 cm³/mol. The lowest BCUT2D eigenvalue weighted by Crippen LogP contribution is -2.25. The summed E-state index contributed by atoms with van der Waals surface area (Å²) >= 11 is 1.32. The zero-order chi connectivity index (χ0) is 19.4. The van der Waals surface area contributed by atoms with Gasteiger partial charge < -0.3 is 10.6 Å². The van der Waals surface area contributed by atoms with Crippen LogP contribution in [0.4, 0.5) is 0 Å². The van der Waals surface area contributed by atoms with Crippen LogP contribution in [0.15, 0.2) is 41.3 Å². The monoisotopic (exact) mass is 407 g/mol. The topological polar surface area (TPSA) is 104 Å². The zero-order valence-electron chi connectivity index (χ0n) is 14.8. The van der Waals surface area contributed by atoms with Gasteiger partial charge in [0.1, 0.15) is 0 Å². The molecule has 1 fully saturated rings. The number of amides is 2. The van der Waals surface area contributed by atoms with Crippen LogP contribution in [0.5, 0.6) is 0 Å². The van der Waals surface area contributed by atoms with E-state index in [1.165, 1.54) is 18.3 Å². The average Bonchev–Trinajstić information content (AvgIpc) is 3.30. The van der Waals surface area contributed by atoms with E-state index in [1.807, 2.05) is 6.07 Å². The van der Waals surface area contributed by atoms with Gasteiger partial charge in [0.2, 0.25) is 15.9 Å². The van der Waals surface area contributed by atoms with E-state index in [2.05, 4.69) is 15.4 Å². The number of carbonyl (C=O) groups is 2. The van der Waals surface area contributed by atoms with Crippen molar-refractivity contribution in [2.75, 3.05) is 0 Å². The fourth-order valence-electron chi connectivity index (χ4n) is 2.35. The third-order valence-electron chi connectivity index (χ3n) is 3.98. The maximum atomic E-state index is 12.2. The molecule has 0 atom stereocenters. The van der Waals surface area contributed by atoms with Crippen LogP contribution in [0.25, 0.3) is 0 Å². The summed E-state index contributed by atoms with van der Waals surface area (Å²) in [5, 5.41) is 5.50. The lowest BCUT2D eigenvalue weighted by Gasteiger charge is -2.07. The Kier molecular flexibility index (Phi) is 5.93. The lowest BCUT2D eigenvalue weighted by atomic mass is 10.2. The van der Waals surface area contributed by atoms with E-state index in [-0.39, 0.29) is 22.8 Å². The van der Waals surface area contributed by atoms with Gasteiger partial charge in [0.25, 0.3) is 5.91 Å². The van der Waals surface area contributed by atoms with Crippen molar-refractivity contribution in [3.8, 4) is 0 Å². The van der Waals surface area contributed by atoms with E-state index in [4.69, 9.17) is 0 Å². The maximum absolute atomic E-state index is 12.2. The Bertz CT molecular complexity index is 932. The summed E-state index contributed by atoms with van der Waals surface area (Å²) in [6.45, 7) is 2.14. The molecule has 3 N–H and O–H groups in total. The number of thiophene rings is 1. The Labute approximate surface area is 162 Å².